The number of hydrogen-bond donors (Lipinski definition) is 2. The Bertz CT molecular complexity index is 852. The molecular formula is C22H33IN8O. The number of guanidine groups is 1. The van der Waals surface area contributed by atoms with Crippen molar-refractivity contribution in [1.82, 2.24) is 30.4 Å². The maximum atomic E-state index is 12.0. The Morgan fingerprint density at radius 3 is 2.31 bits per heavy atom. The van der Waals surface area contributed by atoms with Gasteiger partial charge in [-0.25, -0.2) is 9.97 Å². The zero-order valence-electron chi connectivity index (χ0n) is 19.0. The SMILES string of the molecule is CN=C(NCCN1CCN(c2ncccn2)CC1)NCc1ccc(C(=O)N(C)C)cc1.I. The minimum absolute atomic E-state index is 0. The first-order chi connectivity index (χ1) is 15.1. The monoisotopic (exact) mass is 552 g/mol. The fraction of sp³-hybridized carbons (Fsp3) is 0.455. The van der Waals surface area contributed by atoms with Crippen LogP contribution in [0, 0.1) is 0 Å². The second-order valence-corrected chi connectivity index (χ2v) is 7.63. The number of nitrogens with one attached hydrogen (secondary N) is 2. The van der Waals surface area contributed by atoms with Gasteiger partial charge in [0.1, 0.15) is 0 Å². The molecule has 1 saturated heterocycles. The molecule has 0 spiro atoms. The van der Waals surface area contributed by atoms with Crippen LogP contribution in [0.15, 0.2) is 47.7 Å². The molecule has 1 aromatic carbocycles. The summed E-state index contributed by atoms with van der Waals surface area (Å²) in [6.45, 7) is 6.26. The molecule has 2 heterocycles. The lowest BCUT2D eigenvalue weighted by atomic mass is 10.1. The van der Waals surface area contributed by atoms with Crippen LogP contribution < -0.4 is 15.5 Å². The molecule has 0 atom stereocenters. The van der Waals surface area contributed by atoms with Gasteiger partial charge in [-0.1, -0.05) is 12.1 Å². The van der Waals surface area contributed by atoms with Crippen molar-refractivity contribution in [2.24, 2.45) is 4.99 Å². The normalized spacial score (nSPS) is 14.5. The van der Waals surface area contributed by atoms with E-state index in [1.165, 1.54) is 0 Å². The van der Waals surface area contributed by atoms with Gasteiger partial charge in [-0.15, -0.1) is 24.0 Å². The van der Waals surface area contributed by atoms with Crippen molar-refractivity contribution < 1.29 is 4.79 Å². The number of piperazine rings is 1. The number of nitrogens with zero attached hydrogens (tertiary/aromatic N) is 6. The first-order valence-electron chi connectivity index (χ1n) is 10.6. The van der Waals surface area contributed by atoms with Crippen molar-refractivity contribution in [2.75, 3.05) is 65.3 Å². The van der Waals surface area contributed by atoms with E-state index in [2.05, 4.69) is 35.4 Å². The highest BCUT2D eigenvalue weighted by molar-refractivity contribution is 14.0. The molecule has 1 amide bonds. The Morgan fingerprint density at radius 1 is 1.06 bits per heavy atom. The second-order valence-electron chi connectivity index (χ2n) is 7.63. The predicted octanol–water partition coefficient (Wildman–Crippen LogP) is 1.28. The Balaban J connectivity index is 0.00000363. The number of aliphatic imine (C=N–C) groups is 1. The number of carbonyl (C=O) groups excluding carboxylic acids is 1. The Morgan fingerprint density at radius 2 is 1.72 bits per heavy atom. The standard InChI is InChI=1S/C22H32N8O.HI/c1-23-21(27-17-18-5-7-19(8-6-18)20(31)28(2)3)24-11-12-29-13-15-30(16-14-29)22-25-9-4-10-26-22;/h4-10H,11-17H2,1-3H3,(H2,23,24,27);1H. The van der Waals surface area contributed by atoms with Crippen LogP contribution in [-0.4, -0.2) is 92.0 Å². The summed E-state index contributed by atoms with van der Waals surface area (Å²) in [4.78, 5) is 31.2. The van der Waals surface area contributed by atoms with Crippen molar-refractivity contribution in [3.05, 3.63) is 53.9 Å². The molecule has 1 fully saturated rings. The fourth-order valence-electron chi connectivity index (χ4n) is 3.39. The second kappa shape index (κ2) is 13.2. The van der Waals surface area contributed by atoms with Crippen LogP contribution in [0.4, 0.5) is 5.95 Å². The highest BCUT2D eigenvalue weighted by Crippen LogP contribution is 2.09. The van der Waals surface area contributed by atoms with Crippen LogP contribution in [0.3, 0.4) is 0 Å². The van der Waals surface area contributed by atoms with Gasteiger partial charge in [-0.2, -0.15) is 0 Å². The quantitative estimate of drug-likeness (QED) is 0.304. The summed E-state index contributed by atoms with van der Waals surface area (Å²) in [5.74, 6) is 1.59. The number of rotatable bonds is 7. The summed E-state index contributed by atoms with van der Waals surface area (Å²) in [5.41, 5.74) is 1.78. The van der Waals surface area contributed by atoms with Gasteiger partial charge in [0.25, 0.3) is 5.91 Å². The van der Waals surface area contributed by atoms with Crippen LogP contribution in [0.2, 0.25) is 0 Å². The molecule has 1 aromatic heterocycles. The maximum absolute atomic E-state index is 12.0. The first-order valence-corrected chi connectivity index (χ1v) is 10.6. The number of aromatic nitrogens is 2. The van der Waals surface area contributed by atoms with E-state index in [0.29, 0.717) is 12.1 Å². The number of benzene rings is 1. The molecule has 174 valence electrons. The lowest BCUT2D eigenvalue weighted by molar-refractivity contribution is 0.0827. The lowest BCUT2D eigenvalue weighted by Crippen LogP contribution is -2.49. The Hall–Kier alpha value is -2.47. The van der Waals surface area contributed by atoms with E-state index in [-0.39, 0.29) is 29.9 Å². The summed E-state index contributed by atoms with van der Waals surface area (Å²) in [6, 6.07) is 9.48. The molecule has 32 heavy (non-hydrogen) atoms. The number of halogens is 1. The third-order valence-corrected chi connectivity index (χ3v) is 5.22. The van der Waals surface area contributed by atoms with E-state index in [9.17, 15) is 4.79 Å². The molecule has 10 heteroatoms. The summed E-state index contributed by atoms with van der Waals surface area (Å²) in [6.07, 6.45) is 3.57. The lowest BCUT2D eigenvalue weighted by Gasteiger charge is -2.34. The van der Waals surface area contributed by atoms with Gasteiger partial charge in [0.15, 0.2) is 5.96 Å². The Kier molecular flexibility index (Phi) is 10.6. The third kappa shape index (κ3) is 7.59. The van der Waals surface area contributed by atoms with Gasteiger partial charge >= 0.3 is 0 Å². The molecular weight excluding hydrogens is 519 g/mol. The average Bonchev–Trinajstić information content (AvgIpc) is 2.82. The number of hydrogen-bond acceptors (Lipinski definition) is 6. The van der Waals surface area contributed by atoms with Crippen LogP contribution in [0.25, 0.3) is 0 Å². The molecule has 9 nitrogen and oxygen atoms in total. The molecule has 0 unspecified atom stereocenters. The Labute approximate surface area is 207 Å². The van der Waals surface area contributed by atoms with Crippen molar-refractivity contribution in [2.45, 2.75) is 6.54 Å². The first kappa shape index (κ1) is 25.8. The molecule has 0 aliphatic carbocycles. The van der Waals surface area contributed by atoms with Crippen molar-refractivity contribution in [1.29, 1.82) is 0 Å². The number of amides is 1. The number of anilines is 1. The highest BCUT2D eigenvalue weighted by atomic mass is 127. The molecule has 3 rings (SSSR count). The summed E-state index contributed by atoms with van der Waals surface area (Å²) < 4.78 is 0. The molecule has 0 radical (unpaired) electrons. The van der Waals surface area contributed by atoms with Crippen molar-refractivity contribution in [3.8, 4) is 0 Å². The summed E-state index contributed by atoms with van der Waals surface area (Å²) >= 11 is 0. The van der Waals surface area contributed by atoms with E-state index in [0.717, 1.165) is 56.7 Å². The molecule has 0 bridgehead atoms. The van der Waals surface area contributed by atoms with Crippen molar-refractivity contribution >= 4 is 41.8 Å². The molecule has 0 saturated carbocycles. The van der Waals surface area contributed by atoms with Crippen molar-refractivity contribution in [3.63, 3.8) is 0 Å². The van der Waals surface area contributed by atoms with Crippen LogP contribution in [0.1, 0.15) is 15.9 Å². The minimum atomic E-state index is 0. The van der Waals surface area contributed by atoms with Gasteiger partial charge in [0.05, 0.1) is 0 Å². The van der Waals surface area contributed by atoms with Crippen LogP contribution in [-0.2, 0) is 6.54 Å². The zero-order chi connectivity index (χ0) is 22.1. The van der Waals surface area contributed by atoms with E-state index < -0.39 is 0 Å². The van der Waals surface area contributed by atoms with E-state index >= 15 is 0 Å². The molecule has 2 aromatic rings. The highest BCUT2D eigenvalue weighted by Gasteiger charge is 2.18. The smallest absolute Gasteiger partial charge is 0.253 e. The predicted molar refractivity (Wildman–Crippen MR) is 139 cm³/mol. The molecule has 2 N–H and O–H groups in total. The van der Waals surface area contributed by atoms with Gasteiger partial charge in [0.2, 0.25) is 5.95 Å². The average molecular weight is 552 g/mol. The van der Waals surface area contributed by atoms with E-state index in [1.807, 2.05) is 30.3 Å². The van der Waals surface area contributed by atoms with Gasteiger partial charge < -0.3 is 20.4 Å². The largest absolute Gasteiger partial charge is 0.355 e. The topological polar surface area (TPSA) is 89.0 Å². The third-order valence-electron chi connectivity index (χ3n) is 5.22. The maximum Gasteiger partial charge on any atom is 0.253 e. The van der Waals surface area contributed by atoms with Crippen LogP contribution in [0.5, 0.6) is 0 Å². The fourth-order valence-corrected chi connectivity index (χ4v) is 3.39. The summed E-state index contributed by atoms with van der Waals surface area (Å²) in [5, 5.41) is 6.70. The number of carbonyl (C=O) groups is 1. The summed E-state index contributed by atoms with van der Waals surface area (Å²) in [7, 11) is 5.28. The van der Waals surface area contributed by atoms with Gasteiger partial charge in [0, 0.05) is 84.9 Å². The van der Waals surface area contributed by atoms with E-state index in [1.54, 1.807) is 38.4 Å². The van der Waals surface area contributed by atoms with Crippen LogP contribution >= 0.6 is 24.0 Å². The zero-order valence-corrected chi connectivity index (χ0v) is 21.3. The molecule has 1 aliphatic heterocycles. The minimum Gasteiger partial charge on any atom is -0.355 e. The molecule has 1 aliphatic rings. The van der Waals surface area contributed by atoms with Gasteiger partial charge in [-0.05, 0) is 23.8 Å². The van der Waals surface area contributed by atoms with E-state index in [4.69, 9.17) is 0 Å². The van der Waals surface area contributed by atoms with Gasteiger partial charge in [-0.3, -0.25) is 14.7 Å².